The van der Waals surface area contributed by atoms with E-state index in [-0.39, 0.29) is 35.6 Å². The van der Waals surface area contributed by atoms with Crippen molar-refractivity contribution in [3.05, 3.63) is 67.8 Å². The summed E-state index contributed by atoms with van der Waals surface area (Å²) in [7, 11) is 0. The monoisotopic (exact) mass is 604 g/mol. The van der Waals surface area contributed by atoms with Crippen molar-refractivity contribution in [3.63, 3.8) is 0 Å². The van der Waals surface area contributed by atoms with Crippen molar-refractivity contribution < 1.29 is 24.2 Å². The van der Waals surface area contributed by atoms with Crippen LogP contribution in [0.15, 0.2) is 67.8 Å². The molecule has 8 heteroatoms. The number of hydrogen-bond acceptors (Lipinski definition) is 6. The number of hydrogen-bond donors (Lipinski definition) is 1. The second kappa shape index (κ2) is 13.7. The highest BCUT2D eigenvalue weighted by Gasteiger charge is 2.76. The molecule has 3 aliphatic heterocycles. The minimum absolute atomic E-state index is 0.0509. The summed E-state index contributed by atoms with van der Waals surface area (Å²) in [5.41, 5.74) is 0.761. The molecule has 2 amide bonds. The Morgan fingerprint density at radius 3 is 2.63 bits per heavy atom. The lowest BCUT2D eigenvalue weighted by Gasteiger charge is -2.40. The van der Waals surface area contributed by atoms with E-state index in [4.69, 9.17) is 4.74 Å². The number of rotatable bonds is 15. The van der Waals surface area contributed by atoms with Gasteiger partial charge < -0.3 is 19.6 Å². The molecule has 230 valence electrons. The molecule has 7 nitrogen and oxygen atoms in total. The second-order valence-corrected chi connectivity index (χ2v) is 13.6. The number of anilines is 1. The summed E-state index contributed by atoms with van der Waals surface area (Å²) in [6, 6.07) is 13.3. The number of thioether (sulfide) groups is 1. The van der Waals surface area contributed by atoms with Gasteiger partial charge in [-0.15, -0.1) is 24.9 Å². The molecule has 3 aliphatic rings. The van der Waals surface area contributed by atoms with E-state index in [1.54, 1.807) is 27.6 Å². The highest BCUT2D eigenvalue weighted by atomic mass is 32.2. The molecule has 3 unspecified atom stereocenters. The summed E-state index contributed by atoms with van der Waals surface area (Å²) in [5, 5.41) is 11.4. The lowest BCUT2D eigenvalue weighted by atomic mass is 9.66. The van der Waals surface area contributed by atoms with E-state index in [9.17, 15) is 19.5 Å². The van der Waals surface area contributed by atoms with E-state index in [0.29, 0.717) is 32.5 Å². The maximum atomic E-state index is 14.8. The summed E-state index contributed by atoms with van der Waals surface area (Å²) in [5.74, 6) is -1.64. The number of nitrogens with zero attached hydrogens (tertiary/aromatic N) is 2. The summed E-state index contributed by atoms with van der Waals surface area (Å²) in [6.07, 6.45) is 8.94. The number of aliphatic hydroxyl groups is 1. The molecule has 1 N–H and O–H groups in total. The van der Waals surface area contributed by atoms with Gasteiger partial charge in [-0.25, -0.2) is 0 Å². The summed E-state index contributed by atoms with van der Waals surface area (Å²) in [6.45, 7) is 11.0. The molecule has 3 fully saturated rings. The molecule has 2 aromatic rings. The smallest absolute Gasteiger partial charge is 0.310 e. The highest BCUT2D eigenvalue weighted by molar-refractivity contribution is 8.02. The van der Waals surface area contributed by atoms with Crippen molar-refractivity contribution in [2.24, 2.45) is 17.8 Å². The number of allylic oxidation sites excluding steroid dienone is 1. The van der Waals surface area contributed by atoms with Crippen LogP contribution in [0.25, 0.3) is 10.8 Å². The molecule has 43 heavy (non-hydrogen) atoms. The number of carbonyl (C=O) groups is 3. The van der Waals surface area contributed by atoms with Gasteiger partial charge >= 0.3 is 5.97 Å². The first kappa shape index (κ1) is 31.3. The van der Waals surface area contributed by atoms with E-state index in [0.717, 1.165) is 48.6 Å². The van der Waals surface area contributed by atoms with Gasteiger partial charge in [-0.3, -0.25) is 14.4 Å². The first-order chi connectivity index (χ1) is 20.9. The number of esters is 1. The van der Waals surface area contributed by atoms with Crippen LogP contribution in [0.3, 0.4) is 0 Å². The van der Waals surface area contributed by atoms with Gasteiger partial charge in [-0.05, 0) is 73.8 Å². The molecule has 5 rings (SSSR count). The minimum atomic E-state index is -0.710. The average Bonchev–Trinajstić information content (AvgIpc) is 3.60. The molecular formula is C35H44N2O5S. The number of likely N-dealkylation sites (tertiary alicyclic amines) is 1. The van der Waals surface area contributed by atoms with Gasteiger partial charge in [0.2, 0.25) is 5.91 Å². The van der Waals surface area contributed by atoms with Crippen molar-refractivity contribution in [2.75, 3.05) is 31.2 Å². The third-order valence-corrected chi connectivity index (χ3v) is 11.6. The molecular weight excluding hydrogens is 560 g/mol. The Labute approximate surface area is 259 Å². The Bertz CT molecular complexity index is 1360. The SMILES string of the molecule is C=CCCCCOC(=O)[C@@H]1[C@H]2C(=O)N(CCCCCO)C(C(=O)N(CC=C)c3ccc4ccccc4c3)C23S[C@@H]1CC3C. The van der Waals surface area contributed by atoms with Crippen LogP contribution < -0.4 is 4.90 Å². The Morgan fingerprint density at radius 2 is 1.88 bits per heavy atom. The fourth-order valence-electron chi connectivity index (χ4n) is 7.48. The largest absolute Gasteiger partial charge is 0.465 e. The number of unbranched alkanes of at least 4 members (excludes halogenated alkanes) is 4. The zero-order valence-corrected chi connectivity index (χ0v) is 26.0. The molecule has 1 spiro atoms. The van der Waals surface area contributed by atoms with Crippen LogP contribution in [0.1, 0.15) is 51.9 Å². The molecule has 0 aromatic heterocycles. The second-order valence-electron chi connectivity index (χ2n) is 12.1. The van der Waals surface area contributed by atoms with Gasteiger partial charge in [0.05, 0.1) is 23.2 Å². The Kier molecular flexibility index (Phi) is 9.97. The summed E-state index contributed by atoms with van der Waals surface area (Å²) >= 11 is 1.67. The molecule has 0 saturated carbocycles. The van der Waals surface area contributed by atoms with Gasteiger partial charge in [0.15, 0.2) is 0 Å². The first-order valence-corrected chi connectivity index (χ1v) is 16.5. The number of carbonyl (C=O) groups excluding carboxylic acids is 3. The standard InChI is InChI=1S/C35H44N2O5S/c1-4-6-7-13-21-42-34(41)29-28-22-24(3)35(43-28)30(29)32(39)37(19-11-8-12-20-38)31(35)33(40)36(18-5-2)27-17-16-25-14-9-10-15-26(25)23-27/h4-5,9-10,14-17,23-24,28-31,38H,1-2,6-8,11-13,18-22H2,3H3/t24?,28-,29+,30+,31?,35?/m1/s1. The molecule has 0 aliphatic carbocycles. The molecule has 3 heterocycles. The number of amides is 2. The van der Waals surface area contributed by atoms with Crippen LogP contribution in [-0.2, 0) is 19.1 Å². The molecule has 0 radical (unpaired) electrons. The normalized spacial score (nSPS) is 27.3. The topological polar surface area (TPSA) is 87.1 Å². The fourth-order valence-corrected chi connectivity index (χ4v) is 9.89. The van der Waals surface area contributed by atoms with E-state index >= 15 is 0 Å². The number of fused-ring (bicyclic) bond motifs is 2. The van der Waals surface area contributed by atoms with Gasteiger partial charge in [-0.2, -0.15) is 0 Å². The maximum Gasteiger partial charge on any atom is 0.310 e. The Hall–Kier alpha value is -3.10. The molecule has 2 bridgehead atoms. The van der Waals surface area contributed by atoms with Gasteiger partial charge in [-0.1, -0.05) is 49.4 Å². The predicted octanol–water partition coefficient (Wildman–Crippen LogP) is 5.76. The fraction of sp³-hybridized carbons (Fsp3) is 0.514. The lowest BCUT2D eigenvalue weighted by molar-refractivity contribution is -0.154. The Morgan fingerprint density at radius 1 is 1.09 bits per heavy atom. The van der Waals surface area contributed by atoms with Crippen molar-refractivity contribution in [1.82, 2.24) is 4.90 Å². The highest BCUT2D eigenvalue weighted by Crippen LogP contribution is 2.68. The zero-order chi connectivity index (χ0) is 30.6. The van der Waals surface area contributed by atoms with Gasteiger partial charge in [0, 0.05) is 30.6 Å². The van der Waals surface area contributed by atoms with Crippen LogP contribution >= 0.6 is 11.8 Å². The third kappa shape index (κ3) is 5.76. The molecule has 6 atom stereocenters. The third-order valence-electron chi connectivity index (χ3n) is 9.48. The van der Waals surface area contributed by atoms with Crippen molar-refractivity contribution >= 4 is 46.0 Å². The molecule has 3 saturated heterocycles. The lowest BCUT2D eigenvalue weighted by Crippen LogP contribution is -2.57. The van der Waals surface area contributed by atoms with Crippen molar-refractivity contribution in [2.45, 2.75) is 67.9 Å². The average molecular weight is 605 g/mol. The first-order valence-electron chi connectivity index (χ1n) is 15.7. The van der Waals surface area contributed by atoms with Crippen LogP contribution in [0, 0.1) is 17.8 Å². The minimum Gasteiger partial charge on any atom is -0.465 e. The maximum absolute atomic E-state index is 14.8. The van der Waals surface area contributed by atoms with Crippen LogP contribution in [-0.4, -0.2) is 70.1 Å². The molecule has 2 aromatic carbocycles. The van der Waals surface area contributed by atoms with Crippen LogP contribution in [0.2, 0.25) is 0 Å². The van der Waals surface area contributed by atoms with Gasteiger partial charge in [0.1, 0.15) is 6.04 Å². The van der Waals surface area contributed by atoms with Crippen LogP contribution in [0.5, 0.6) is 0 Å². The zero-order valence-electron chi connectivity index (χ0n) is 25.2. The van der Waals surface area contributed by atoms with E-state index < -0.39 is 22.6 Å². The van der Waals surface area contributed by atoms with Crippen molar-refractivity contribution in [1.29, 1.82) is 0 Å². The van der Waals surface area contributed by atoms with Crippen LogP contribution in [0.4, 0.5) is 5.69 Å². The number of ether oxygens (including phenoxy) is 1. The predicted molar refractivity (Wildman–Crippen MR) is 173 cm³/mol. The summed E-state index contributed by atoms with van der Waals surface area (Å²) < 4.78 is 5.05. The number of benzene rings is 2. The van der Waals surface area contributed by atoms with E-state index in [1.807, 2.05) is 48.5 Å². The van der Waals surface area contributed by atoms with E-state index in [2.05, 4.69) is 20.1 Å². The summed E-state index contributed by atoms with van der Waals surface area (Å²) in [4.78, 5) is 46.3. The van der Waals surface area contributed by atoms with E-state index in [1.165, 1.54) is 0 Å². The number of aliphatic hydroxyl groups excluding tert-OH is 1. The quantitative estimate of drug-likeness (QED) is 0.158. The van der Waals surface area contributed by atoms with Gasteiger partial charge in [0.25, 0.3) is 5.91 Å². The Balaban J connectivity index is 1.49. The van der Waals surface area contributed by atoms with Crippen molar-refractivity contribution in [3.8, 4) is 0 Å².